The highest BCUT2D eigenvalue weighted by Gasteiger charge is 2.12. The van der Waals surface area contributed by atoms with Crippen LogP contribution in [0.15, 0.2) is 22.7 Å². The van der Waals surface area contributed by atoms with E-state index in [1.807, 2.05) is 32.0 Å². The number of carbonyl (C=O) groups is 1. The van der Waals surface area contributed by atoms with Gasteiger partial charge in [-0.2, -0.15) is 0 Å². The summed E-state index contributed by atoms with van der Waals surface area (Å²) in [6, 6.07) is 5.90. The molecule has 0 aliphatic rings. The van der Waals surface area contributed by atoms with Crippen LogP contribution < -0.4 is 5.32 Å². The molecule has 3 heteroatoms. The summed E-state index contributed by atoms with van der Waals surface area (Å²) >= 11 is 3.40. The van der Waals surface area contributed by atoms with Crippen LogP contribution >= 0.6 is 15.9 Å². The Kier molecular flexibility index (Phi) is 5.00. The zero-order valence-corrected chi connectivity index (χ0v) is 11.6. The van der Waals surface area contributed by atoms with E-state index in [2.05, 4.69) is 28.2 Å². The Bertz CT molecular complexity index is 376. The molecule has 0 spiro atoms. The minimum Gasteiger partial charge on any atom is -0.326 e. The quantitative estimate of drug-likeness (QED) is 0.884. The van der Waals surface area contributed by atoms with E-state index in [9.17, 15) is 4.79 Å². The van der Waals surface area contributed by atoms with E-state index < -0.39 is 0 Å². The van der Waals surface area contributed by atoms with Crippen LogP contribution in [0, 0.1) is 12.8 Å². The number of benzene rings is 1. The first kappa shape index (κ1) is 13.2. The lowest BCUT2D eigenvalue weighted by atomic mass is 10.1. The van der Waals surface area contributed by atoms with Crippen molar-refractivity contribution in [2.24, 2.45) is 5.92 Å². The first-order valence-corrected chi connectivity index (χ1v) is 6.41. The Morgan fingerprint density at radius 1 is 1.50 bits per heavy atom. The molecule has 0 radical (unpaired) electrons. The standard InChI is InChI=1S/C13H18BrNO/c1-4-5-10(3)13(16)15-12-8-11(14)7-6-9(12)2/h6-8,10H,4-5H2,1-3H3,(H,15,16). The third-order valence-electron chi connectivity index (χ3n) is 2.63. The average Bonchev–Trinajstić information content (AvgIpc) is 2.23. The number of rotatable bonds is 4. The van der Waals surface area contributed by atoms with Gasteiger partial charge >= 0.3 is 0 Å². The van der Waals surface area contributed by atoms with E-state index in [0.29, 0.717) is 0 Å². The molecule has 1 amide bonds. The predicted molar refractivity (Wildman–Crippen MR) is 71.6 cm³/mol. The van der Waals surface area contributed by atoms with E-state index in [1.165, 1.54) is 0 Å². The lowest BCUT2D eigenvalue weighted by Crippen LogP contribution is -2.20. The molecule has 1 atom stereocenters. The Hall–Kier alpha value is -0.830. The lowest BCUT2D eigenvalue weighted by molar-refractivity contribution is -0.119. The van der Waals surface area contributed by atoms with Crippen molar-refractivity contribution >= 4 is 27.5 Å². The lowest BCUT2D eigenvalue weighted by Gasteiger charge is -2.13. The molecule has 0 aliphatic carbocycles. The molecule has 0 saturated carbocycles. The third kappa shape index (κ3) is 3.63. The molecule has 16 heavy (non-hydrogen) atoms. The zero-order chi connectivity index (χ0) is 12.1. The van der Waals surface area contributed by atoms with Gasteiger partial charge in [0.15, 0.2) is 0 Å². The molecule has 0 saturated heterocycles. The van der Waals surface area contributed by atoms with Gasteiger partial charge in [0.25, 0.3) is 0 Å². The molecular formula is C13H18BrNO. The van der Waals surface area contributed by atoms with Gasteiger partial charge in [0, 0.05) is 16.1 Å². The summed E-state index contributed by atoms with van der Waals surface area (Å²) in [5, 5.41) is 2.97. The fourth-order valence-corrected chi connectivity index (χ4v) is 1.91. The topological polar surface area (TPSA) is 29.1 Å². The number of hydrogen-bond donors (Lipinski definition) is 1. The van der Waals surface area contributed by atoms with Crippen LogP contribution in [0.3, 0.4) is 0 Å². The molecule has 1 unspecified atom stereocenters. The average molecular weight is 284 g/mol. The molecule has 1 aromatic rings. The number of halogens is 1. The maximum Gasteiger partial charge on any atom is 0.227 e. The molecule has 0 bridgehead atoms. The number of amides is 1. The molecular weight excluding hydrogens is 266 g/mol. The van der Waals surface area contributed by atoms with Crippen molar-refractivity contribution in [3.63, 3.8) is 0 Å². The summed E-state index contributed by atoms with van der Waals surface area (Å²) in [5.74, 6) is 0.173. The maximum atomic E-state index is 11.8. The second kappa shape index (κ2) is 6.04. The van der Waals surface area contributed by atoms with Gasteiger partial charge in [-0.25, -0.2) is 0 Å². The second-order valence-corrected chi connectivity index (χ2v) is 5.05. The van der Waals surface area contributed by atoms with Crippen molar-refractivity contribution in [3.05, 3.63) is 28.2 Å². The fourth-order valence-electron chi connectivity index (χ4n) is 1.55. The van der Waals surface area contributed by atoms with Crippen LogP contribution in [-0.2, 0) is 4.79 Å². The highest BCUT2D eigenvalue weighted by molar-refractivity contribution is 9.10. The highest BCUT2D eigenvalue weighted by atomic mass is 79.9. The predicted octanol–water partition coefficient (Wildman–Crippen LogP) is 4.13. The molecule has 1 aromatic carbocycles. The third-order valence-corrected chi connectivity index (χ3v) is 3.12. The molecule has 2 nitrogen and oxygen atoms in total. The molecule has 0 heterocycles. The van der Waals surface area contributed by atoms with Gasteiger partial charge in [-0.3, -0.25) is 4.79 Å². The number of hydrogen-bond acceptors (Lipinski definition) is 1. The first-order chi connectivity index (χ1) is 7.54. The molecule has 0 aromatic heterocycles. The van der Waals surface area contributed by atoms with Crippen LogP contribution in [-0.4, -0.2) is 5.91 Å². The van der Waals surface area contributed by atoms with Gasteiger partial charge in [0.2, 0.25) is 5.91 Å². The molecule has 88 valence electrons. The minimum atomic E-state index is 0.0726. The summed E-state index contributed by atoms with van der Waals surface area (Å²) in [7, 11) is 0. The van der Waals surface area contributed by atoms with Crippen molar-refractivity contribution in [3.8, 4) is 0 Å². The largest absolute Gasteiger partial charge is 0.326 e. The van der Waals surface area contributed by atoms with Gasteiger partial charge in [-0.05, 0) is 31.0 Å². The summed E-state index contributed by atoms with van der Waals surface area (Å²) in [6.07, 6.45) is 1.96. The van der Waals surface area contributed by atoms with Gasteiger partial charge in [0.05, 0.1) is 0 Å². The normalized spacial score (nSPS) is 12.2. The van der Waals surface area contributed by atoms with Crippen molar-refractivity contribution in [2.75, 3.05) is 5.32 Å². The second-order valence-electron chi connectivity index (χ2n) is 4.14. The Labute approximate surface area is 106 Å². The molecule has 0 fully saturated rings. The zero-order valence-electron chi connectivity index (χ0n) is 10.0. The van der Waals surface area contributed by atoms with Gasteiger partial charge < -0.3 is 5.32 Å². The summed E-state index contributed by atoms with van der Waals surface area (Å²) < 4.78 is 0.983. The summed E-state index contributed by atoms with van der Waals surface area (Å²) in [4.78, 5) is 11.8. The monoisotopic (exact) mass is 283 g/mol. The Morgan fingerprint density at radius 3 is 2.81 bits per heavy atom. The minimum absolute atomic E-state index is 0.0726. The smallest absolute Gasteiger partial charge is 0.227 e. The van der Waals surface area contributed by atoms with E-state index in [1.54, 1.807) is 0 Å². The van der Waals surface area contributed by atoms with Crippen molar-refractivity contribution in [1.29, 1.82) is 0 Å². The maximum absolute atomic E-state index is 11.8. The van der Waals surface area contributed by atoms with E-state index in [-0.39, 0.29) is 11.8 Å². The van der Waals surface area contributed by atoms with Crippen LogP contribution in [0.5, 0.6) is 0 Å². The Morgan fingerprint density at radius 2 is 2.19 bits per heavy atom. The van der Waals surface area contributed by atoms with Gasteiger partial charge in [-0.1, -0.05) is 42.3 Å². The molecule has 1 N–H and O–H groups in total. The first-order valence-electron chi connectivity index (χ1n) is 5.61. The van der Waals surface area contributed by atoms with E-state index >= 15 is 0 Å². The van der Waals surface area contributed by atoms with E-state index in [0.717, 1.165) is 28.6 Å². The van der Waals surface area contributed by atoms with Crippen LogP contribution in [0.2, 0.25) is 0 Å². The van der Waals surface area contributed by atoms with E-state index in [4.69, 9.17) is 0 Å². The molecule has 1 rings (SSSR count). The summed E-state index contributed by atoms with van der Waals surface area (Å²) in [6.45, 7) is 6.05. The van der Waals surface area contributed by atoms with Crippen molar-refractivity contribution in [2.45, 2.75) is 33.6 Å². The van der Waals surface area contributed by atoms with Crippen LogP contribution in [0.1, 0.15) is 32.3 Å². The number of nitrogens with one attached hydrogen (secondary N) is 1. The number of aryl methyl sites for hydroxylation is 1. The van der Waals surface area contributed by atoms with Gasteiger partial charge in [-0.15, -0.1) is 0 Å². The van der Waals surface area contributed by atoms with Gasteiger partial charge in [0.1, 0.15) is 0 Å². The van der Waals surface area contributed by atoms with Crippen molar-refractivity contribution in [1.82, 2.24) is 0 Å². The number of anilines is 1. The SMILES string of the molecule is CCCC(C)C(=O)Nc1cc(Br)ccc1C. The molecule has 0 aliphatic heterocycles. The van der Waals surface area contributed by atoms with Crippen LogP contribution in [0.4, 0.5) is 5.69 Å². The van der Waals surface area contributed by atoms with Crippen molar-refractivity contribution < 1.29 is 4.79 Å². The summed E-state index contributed by atoms with van der Waals surface area (Å²) in [5.41, 5.74) is 1.97. The fraction of sp³-hybridized carbons (Fsp3) is 0.462. The Balaban J connectivity index is 2.72. The number of carbonyl (C=O) groups excluding carboxylic acids is 1. The van der Waals surface area contributed by atoms with Crippen LogP contribution in [0.25, 0.3) is 0 Å². The highest BCUT2D eigenvalue weighted by Crippen LogP contribution is 2.21.